The van der Waals surface area contributed by atoms with E-state index in [-0.39, 0.29) is 24.0 Å². The maximum Gasteiger partial charge on any atom is 0.193 e. The highest BCUT2D eigenvalue weighted by atomic mass is 127. The van der Waals surface area contributed by atoms with Crippen molar-refractivity contribution < 1.29 is 14.2 Å². The molecule has 3 aliphatic heterocycles. The Kier molecular flexibility index (Phi) is 11.7. The number of guanidine groups is 1. The van der Waals surface area contributed by atoms with Crippen LogP contribution in [0.25, 0.3) is 0 Å². The van der Waals surface area contributed by atoms with Crippen LogP contribution < -0.4 is 5.32 Å². The van der Waals surface area contributed by atoms with Gasteiger partial charge in [0.15, 0.2) is 5.96 Å². The van der Waals surface area contributed by atoms with Crippen molar-refractivity contribution in [3.05, 3.63) is 35.4 Å². The highest BCUT2D eigenvalue weighted by Crippen LogP contribution is 2.18. The molecule has 0 aromatic heterocycles. The van der Waals surface area contributed by atoms with Crippen molar-refractivity contribution in [1.29, 1.82) is 0 Å². The Bertz CT molecular complexity index is 698. The SMILES string of the molecule is CN=C(NCc1ccc(CN2CCOCC2)cc1)N1CCC(OCC2CCCCO2)CC1.I. The van der Waals surface area contributed by atoms with E-state index in [1.165, 1.54) is 24.0 Å². The van der Waals surface area contributed by atoms with E-state index >= 15 is 0 Å². The molecule has 1 N–H and O–H groups in total. The lowest BCUT2D eigenvalue weighted by Crippen LogP contribution is -2.47. The number of morpholine rings is 1. The van der Waals surface area contributed by atoms with Gasteiger partial charge in [0.2, 0.25) is 0 Å². The van der Waals surface area contributed by atoms with Crippen molar-refractivity contribution in [3.63, 3.8) is 0 Å². The van der Waals surface area contributed by atoms with Gasteiger partial charge in [-0.1, -0.05) is 24.3 Å². The second-order valence-electron chi connectivity index (χ2n) is 9.11. The van der Waals surface area contributed by atoms with Gasteiger partial charge in [0.1, 0.15) is 0 Å². The Morgan fingerprint density at radius 2 is 1.73 bits per heavy atom. The topological polar surface area (TPSA) is 58.6 Å². The third-order valence-corrected chi connectivity index (χ3v) is 6.73. The third kappa shape index (κ3) is 8.65. The molecular formula is C25H41IN4O3. The van der Waals surface area contributed by atoms with Crippen LogP contribution >= 0.6 is 24.0 Å². The highest BCUT2D eigenvalue weighted by Gasteiger charge is 2.23. The fraction of sp³-hybridized carbons (Fsp3) is 0.720. The summed E-state index contributed by atoms with van der Waals surface area (Å²) < 4.78 is 17.4. The number of hydrogen-bond acceptors (Lipinski definition) is 5. The summed E-state index contributed by atoms with van der Waals surface area (Å²) in [6.45, 7) is 9.14. The maximum atomic E-state index is 6.16. The van der Waals surface area contributed by atoms with Crippen LogP contribution in [0.5, 0.6) is 0 Å². The highest BCUT2D eigenvalue weighted by molar-refractivity contribution is 14.0. The minimum atomic E-state index is 0. The second-order valence-corrected chi connectivity index (χ2v) is 9.11. The summed E-state index contributed by atoms with van der Waals surface area (Å²) >= 11 is 0. The number of aliphatic imine (C=N–C) groups is 1. The summed E-state index contributed by atoms with van der Waals surface area (Å²) in [5, 5.41) is 3.54. The number of nitrogens with zero attached hydrogens (tertiary/aromatic N) is 3. The average molecular weight is 573 g/mol. The normalized spacial score (nSPS) is 23.2. The van der Waals surface area contributed by atoms with Crippen LogP contribution in [-0.4, -0.2) is 87.6 Å². The Morgan fingerprint density at radius 1 is 1.00 bits per heavy atom. The van der Waals surface area contributed by atoms with Gasteiger partial charge in [0, 0.05) is 52.9 Å². The van der Waals surface area contributed by atoms with Crippen LogP contribution in [0.2, 0.25) is 0 Å². The molecule has 8 heteroatoms. The van der Waals surface area contributed by atoms with Crippen LogP contribution in [0.3, 0.4) is 0 Å². The Balaban J connectivity index is 0.00000306. The summed E-state index contributed by atoms with van der Waals surface area (Å²) in [5.74, 6) is 0.983. The van der Waals surface area contributed by atoms with Crippen molar-refractivity contribution >= 4 is 29.9 Å². The van der Waals surface area contributed by atoms with Crippen LogP contribution in [0.15, 0.2) is 29.3 Å². The number of hydrogen-bond donors (Lipinski definition) is 1. The lowest BCUT2D eigenvalue weighted by molar-refractivity contribution is -0.0721. The number of rotatable bonds is 7. The Labute approximate surface area is 216 Å². The minimum absolute atomic E-state index is 0. The van der Waals surface area contributed by atoms with Gasteiger partial charge < -0.3 is 24.4 Å². The first-order valence-electron chi connectivity index (χ1n) is 12.4. The number of ether oxygens (including phenoxy) is 3. The van der Waals surface area contributed by atoms with E-state index in [4.69, 9.17) is 14.2 Å². The van der Waals surface area contributed by atoms with E-state index in [0.29, 0.717) is 12.2 Å². The molecule has 1 aromatic carbocycles. The average Bonchev–Trinajstić information content (AvgIpc) is 2.86. The van der Waals surface area contributed by atoms with E-state index in [2.05, 4.69) is 44.4 Å². The molecule has 0 aliphatic carbocycles. The van der Waals surface area contributed by atoms with Crippen molar-refractivity contribution in [1.82, 2.24) is 15.1 Å². The van der Waals surface area contributed by atoms with Gasteiger partial charge in [-0.25, -0.2) is 0 Å². The van der Waals surface area contributed by atoms with Gasteiger partial charge in [-0.15, -0.1) is 24.0 Å². The zero-order chi connectivity index (χ0) is 22.0. The van der Waals surface area contributed by atoms with Crippen LogP contribution in [0.4, 0.5) is 0 Å². The molecule has 0 spiro atoms. The van der Waals surface area contributed by atoms with E-state index in [0.717, 1.165) is 90.9 Å². The third-order valence-electron chi connectivity index (χ3n) is 6.73. The summed E-state index contributed by atoms with van der Waals surface area (Å²) in [4.78, 5) is 9.32. The molecule has 3 heterocycles. The molecule has 186 valence electrons. The van der Waals surface area contributed by atoms with Gasteiger partial charge in [-0.05, 0) is 43.2 Å². The molecule has 33 heavy (non-hydrogen) atoms. The summed E-state index contributed by atoms with van der Waals surface area (Å²) in [6.07, 6.45) is 6.34. The smallest absolute Gasteiger partial charge is 0.193 e. The van der Waals surface area contributed by atoms with Gasteiger partial charge in [0.05, 0.1) is 32.0 Å². The van der Waals surface area contributed by atoms with Crippen molar-refractivity contribution in [2.75, 3.05) is 59.7 Å². The number of benzene rings is 1. The lowest BCUT2D eigenvalue weighted by atomic mass is 10.1. The molecule has 1 aromatic rings. The van der Waals surface area contributed by atoms with Crippen LogP contribution in [-0.2, 0) is 27.3 Å². The standard InChI is InChI=1S/C25H40N4O3.HI/c1-26-25(29-11-9-23(10-12-29)32-20-24-4-2-3-15-31-24)27-18-21-5-7-22(8-6-21)19-28-13-16-30-17-14-28;/h5-8,23-24H,2-4,9-20H2,1H3,(H,26,27);1H. The van der Waals surface area contributed by atoms with Crippen molar-refractivity contribution in [2.24, 2.45) is 4.99 Å². The number of piperidine rings is 1. The molecule has 4 rings (SSSR count). The predicted molar refractivity (Wildman–Crippen MR) is 142 cm³/mol. The summed E-state index contributed by atoms with van der Waals surface area (Å²) in [5.41, 5.74) is 2.64. The molecule has 3 aliphatic rings. The zero-order valence-corrected chi connectivity index (χ0v) is 22.4. The van der Waals surface area contributed by atoms with Crippen molar-refractivity contribution in [2.45, 2.75) is 57.4 Å². The quantitative estimate of drug-likeness (QED) is 0.308. The lowest BCUT2D eigenvalue weighted by Gasteiger charge is -2.35. The second kappa shape index (κ2) is 14.5. The number of nitrogens with one attached hydrogen (secondary N) is 1. The molecule has 0 amide bonds. The molecule has 0 bridgehead atoms. The number of halogens is 1. The zero-order valence-electron chi connectivity index (χ0n) is 20.0. The monoisotopic (exact) mass is 572 g/mol. The molecule has 3 fully saturated rings. The minimum Gasteiger partial charge on any atom is -0.379 e. The molecular weight excluding hydrogens is 531 g/mol. The predicted octanol–water partition coefficient (Wildman–Crippen LogP) is 3.26. The first kappa shape index (κ1) is 26.7. The first-order valence-corrected chi connectivity index (χ1v) is 12.4. The van der Waals surface area contributed by atoms with Crippen LogP contribution in [0.1, 0.15) is 43.2 Å². The molecule has 1 atom stereocenters. The van der Waals surface area contributed by atoms with Gasteiger partial charge in [0.25, 0.3) is 0 Å². The molecule has 7 nitrogen and oxygen atoms in total. The summed E-state index contributed by atoms with van der Waals surface area (Å²) in [6, 6.07) is 8.94. The van der Waals surface area contributed by atoms with Crippen molar-refractivity contribution in [3.8, 4) is 0 Å². The van der Waals surface area contributed by atoms with E-state index in [1.807, 2.05) is 7.05 Å². The van der Waals surface area contributed by atoms with E-state index in [1.54, 1.807) is 0 Å². The van der Waals surface area contributed by atoms with Gasteiger partial charge in [-0.2, -0.15) is 0 Å². The Hall–Kier alpha value is -0.940. The fourth-order valence-corrected chi connectivity index (χ4v) is 4.71. The molecule has 1 unspecified atom stereocenters. The largest absolute Gasteiger partial charge is 0.379 e. The first-order chi connectivity index (χ1) is 15.8. The van der Waals surface area contributed by atoms with Gasteiger partial charge >= 0.3 is 0 Å². The Morgan fingerprint density at radius 3 is 2.39 bits per heavy atom. The molecule has 0 saturated carbocycles. The summed E-state index contributed by atoms with van der Waals surface area (Å²) in [7, 11) is 1.87. The van der Waals surface area contributed by atoms with Gasteiger partial charge in [-0.3, -0.25) is 9.89 Å². The fourth-order valence-electron chi connectivity index (χ4n) is 4.71. The van der Waals surface area contributed by atoms with E-state index < -0.39 is 0 Å². The van der Waals surface area contributed by atoms with Crippen LogP contribution in [0, 0.1) is 0 Å². The molecule has 0 radical (unpaired) electrons. The maximum absolute atomic E-state index is 6.16. The van der Waals surface area contributed by atoms with E-state index in [9.17, 15) is 0 Å². The molecule has 3 saturated heterocycles. The number of likely N-dealkylation sites (tertiary alicyclic amines) is 1.